The number of hydrogen-bond donors (Lipinski definition) is 4. The average Bonchev–Trinajstić information content (AvgIpc) is 2.43. The van der Waals surface area contributed by atoms with Crippen molar-refractivity contribution in [1.29, 1.82) is 5.41 Å². The van der Waals surface area contributed by atoms with E-state index in [0.717, 1.165) is 5.69 Å². The first-order valence-electron chi connectivity index (χ1n) is 6.17. The standard InChI is InChI=1S/C13H19N3O4/c1-2-19-7-12(14)16-13(18)8-20-9-15-10-3-5-11(17)6-4-10/h3-6,15,17H,2,7-9H2,1H3,(H2,14,16,18). The zero-order chi connectivity index (χ0) is 14.8. The molecule has 0 aromatic heterocycles. The van der Waals surface area contributed by atoms with Gasteiger partial charge in [-0.25, -0.2) is 0 Å². The lowest BCUT2D eigenvalue weighted by molar-refractivity contribution is -0.124. The summed E-state index contributed by atoms with van der Waals surface area (Å²) in [5, 5.41) is 21.8. The first-order valence-corrected chi connectivity index (χ1v) is 6.17. The molecule has 7 nitrogen and oxygen atoms in total. The van der Waals surface area contributed by atoms with Gasteiger partial charge in [0.15, 0.2) is 0 Å². The van der Waals surface area contributed by atoms with Crippen molar-refractivity contribution in [1.82, 2.24) is 5.32 Å². The molecule has 110 valence electrons. The van der Waals surface area contributed by atoms with Gasteiger partial charge in [-0.3, -0.25) is 10.2 Å². The van der Waals surface area contributed by atoms with Crippen LogP contribution in [0.2, 0.25) is 0 Å². The molecule has 0 saturated heterocycles. The molecule has 0 unspecified atom stereocenters. The number of phenolic OH excluding ortho intramolecular Hbond substituents is 1. The fourth-order valence-electron chi connectivity index (χ4n) is 1.30. The number of nitrogens with one attached hydrogen (secondary N) is 3. The van der Waals surface area contributed by atoms with E-state index < -0.39 is 5.91 Å². The molecule has 7 heteroatoms. The molecule has 0 radical (unpaired) electrons. The maximum atomic E-state index is 11.4. The van der Waals surface area contributed by atoms with Crippen LogP contribution >= 0.6 is 0 Å². The molecule has 0 aliphatic rings. The summed E-state index contributed by atoms with van der Waals surface area (Å²) in [6.07, 6.45) is 0. The minimum atomic E-state index is -0.401. The van der Waals surface area contributed by atoms with Crippen LogP contribution < -0.4 is 10.6 Å². The predicted molar refractivity (Wildman–Crippen MR) is 74.9 cm³/mol. The molecule has 1 aromatic rings. The van der Waals surface area contributed by atoms with Crippen LogP contribution in [0.25, 0.3) is 0 Å². The molecule has 20 heavy (non-hydrogen) atoms. The number of ether oxygens (including phenoxy) is 2. The molecule has 1 amide bonds. The van der Waals surface area contributed by atoms with Gasteiger partial charge in [-0.15, -0.1) is 0 Å². The zero-order valence-corrected chi connectivity index (χ0v) is 11.3. The molecule has 0 bridgehead atoms. The average molecular weight is 281 g/mol. The fourth-order valence-corrected chi connectivity index (χ4v) is 1.30. The van der Waals surface area contributed by atoms with Crippen molar-refractivity contribution in [3.63, 3.8) is 0 Å². The maximum Gasteiger partial charge on any atom is 0.251 e. The summed E-state index contributed by atoms with van der Waals surface area (Å²) in [7, 11) is 0. The van der Waals surface area contributed by atoms with Gasteiger partial charge in [0.1, 0.15) is 31.5 Å². The van der Waals surface area contributed by atoms with Crippen LogP contribution in [0, 0.1) is 5.41 Å². The number of carbonyl (C=O) groups excluding carboxylic acids is 1. The molecule has 0 fully saturated rings. The molecule has 0 spiro atoms. The normalized spacial score (nSPS) is 10.1. The Morgan fingerprint density at radius 2 is 1.95 bits per heavy atom. The van der Waals surface area contributed by atoms with Crippen LogP contribution in [0.1, 0.15) is 6.92 Å². The highest BCUT2D eigenvalue weighted by atomic mass is 16.5. The topological polar surface area (TPSA) is 104 Å². The molecular weight excluding hydrogens is 262 g/mol. The first-order chi connectivity index (χ1) is 9.61. The zero-order valence-electron chi connectivity index (χ0n) is 11.3. The van der Waals surface area contributed by atoms with Gasteiger partial charge in [0.2, 0.25) is 0 Å². The molecule has 0 aliphatic heterocycles. The van der Waals surface area contributed by atoms with Crippen LogP contribution in [0.3, 0.4) is 0 Å². The first kappa shape index (κ1) is 15.9. The van der Waals surface area contributed by atoms with Crippen LogP contribution in [0.5, 0.6) is 5.75 Å². The van der Waals surface area contributed by atoms with E-state index in [0.29, 0.717) is 6.61 Å². The number of aromatic hydroxyl groups is 1. The van der Waals surface area contributed by atoms with Crippen molar-refractivity contribution < 1.29 is 19.4 Å². The van der Waals surface area contributed by atoms with Gasteiger partial charge in [0.05, 0.1) is 0 Å². The van der Waals surface area contributed by atoms with E-state index in [1.807, 2.05) is 6.92 Å². The Hall–Kier alpha value is -2.12. The second-order valence-electron chi connectivity index (χ2n) is 3.88. The highest BCUT2D eigenvalue weighted by Crippen LogP contribution is 2.13. The van der Waals surface area contributed by atoms with Crippen molar-refractivity contribution in [3.05, 3.63) is 24.3 Å². The molecule has 0 saturated carbocycles. The quantitative estimate of drug-likeness (QED) is 0.186. The third kappa shape index (κ3) is 6.72. The monoisotopic (exact) mass is 281 g/mol. The van der Waals surface area contributed by atoms with E-state index in [1.54, 1.807) is 24.3 Å². The molecular formula is C13H19N3O4. The Kier molecular flexibility index (Phi) is 7.08. The van der Waals surface area contributed by atoms with Crippen molar-refractivity contribution >= 4 is 17.4 Å². The highest BCUT2D eigenvalue weighted by Gasteiger charge is 2.04. The van der Waals surface area contributed by atoms with Crippen LogP contribution in [-0.4, -0.2) is 43.4 Å². The number of phenols is 1. The maximum absolute atomic E-state index is 11.4. The minimum absolute atomic E-state index is 0.00643. The fraction of sp³-hybridized carbons (Fsp3) is 0.385. The number of amidine groups is 1. The lowest BCUT2D eigenvalue weighted by atomic mass is 10.3. The minimum Gasteiger partial charge on any atom is -0.508 e. The second kappa shape index (κ2) is 8.89. The van der Waals surface area contributed by atoms with Crippen molar-refractivity contribution in [2.24, 2.45) is 0 Å². The number of rotatable bonds is 8. The SMILES string of the molecule is CCOCC(=N)NC(=O)COCNc1ccc(O)cc1. The van der Waals surface area contributed by atoms with Crippen LogP contribution in [0.15, 0.2) is 24.3 Å². The Morgan fingerprint density at radius 1 is 1.25 bits per heavy atom. The smallest absolute Gasteiger partial charge is 0.251 e. The Morgan fingerprint density at radius 3 is 2.60 bits per heavy atom. The van der Waals surface area contributed by atoms with E-state index in [1.165, 1.54) is 0 Å². The number of hydrogen-bond acceptors (Lipinski definition) is 6. The van der Waals surface area contributed by atoms with Crippen LogP contribution in [0.4, 0.5) is 5.69 Å². The van der Waals surface area contributed by atoms with E-state index in [-0.39, 0.29) is 31.5 Å². The van der Waals surface area contributed by atoms with E-state index in [4.69, 9.17) is 20.0 Å². The summed E-state index contributed by atoms with van der Waals surface area (Å²) >= 11 is 0. The Labute approximate surface area is 117 Å². The molecule has 0 atom stereocenters. The van der Waals surface area contributed by atoms with E-state index in [9.17, 15) is 4.79 Å². The molecule has 1 aromatic carbocycles. The lowest BCUT2D eigenvalue weighted by Crippen LogP contribution is -2.35. The summed E-state index contributed by atoms with van der Waals surface area (Å²) in [5.74, 6) is -0.210. The molecule has 4 N–H and O–H groups in total. The van der Waals surface area contributed by atoms with Gasteiger partial charge in [-0.2, -0.15) is 0 Å². The van der Waals surface area contributed by atoms with Gasteiger partial charge in [-0.1, -0.05) is 0 Å². The predicted octanol–water partition coefficient (Wildman–Crippen LogP) is 0.908. The summed E-state index contributed by atoms with van der Waals surface area (Å²) in [5.41, 5.74) is 0.771. The second-order valence-corrected chi connectivity index (χ2v) is 3.88. The number of carbonyl (C=O) groups is 1. The van der Waals surface area contributed by atoms with Crippen LogP contribution in [-0.2, 0) is 14.3 Å². The van der Waals surface area contributed by atoms with E-state index >= 15 is 0 Å². The summed E-state index contributed by atoms with van der Waals surface area (Å²) in [6.45, 7) is 2.38. The van der Waals surface area contributed by atoms with Gasteiger partial charge in [-0.05, 0) is 31.2 Å². The largest absolute Gasteiger partial charge is 0.508 e. The Balaban J connectivity index is 2.12. The number of anilines is 1. The van der Waals surface area contributed by atoms with Gasteiger partial charge in [0, 0.05) is 12.3 Å². The summed E-state index contributed by atoms with van der Waals surface area (Å²) in [6, 6.07) is 6.47. The van der Waals surface area contributed by atoms with Gasteiger partial charge >= 0.3 is 0 Å². The van der Waals surface area contributed by atoms with Crippen molar-refractivity contribution in [3.8, 4) is 5.75 Å². The van der Waals surface area contributed by atoms with Gasteiger partial charge in [0.25, 0.3) is 5.91 Å². The molecule has 1 rings (SSSR count). The Bertz CT molecular complexity index is 434. The third-order valence-corrected chi connectivity index (χ3v) is 2.22. The molecule has 0 heterocycles. The van der Waals surface area contributed by atoms with Crippen molar-refractivity contribution in [2.45, 2.75) is 6.92 Å². The summed E-state index contributed by atoms with van der Waals surface area (Å²) in [4.78, 5) is 11.4. The highest BCUT2D eigenvalue weighted by molar-refractivity contribution is 5.97. The molecule has 0 aliphatic carbocycles. The van der Waals surface area contributed by atoms with Crippen molar-refractivity contribution in [2.75, 3.05) is 31.9 Å². The third-order valence-electron chi connectivity index (χ3n) is 2.22. The van der Waals surface area contributed by atoms with Gasteiger partial charge < -0.3 is 25.2 Å². The summed E-state index contributed by atoms with van der Waals surface area (Å²) < 4.78 is 10.1. The lowest BCUT2D eigenvalue weighted by Gasteiger charge is -2.09. The number of benzene rings is 1. The van der Waals surface area contributed by atoms with E-state index in [2.05, 4.69) is 10.6 Å². The number of amides is 1.